The molecular weight excluding hydrogens is 151 g/mol. The molecule has 58 valence electrons. The molecule has 5 heteroatoms. The van der Waals surface area contributed by atoms with Crippen molar-refractivity contribution in [3.05, 3.63) is 0 Å². The minimum atomic E-state index is -1.95. The van der Waals surface area contributed by atoms with Crippen molar-refractivity contribution in [2.24, 2.45) is 5.50 Å². The molecule has 1 unspecified atom stereocenters. The third-order valence-electron chi connectivity index (χ3n) is 1.51. The van der Waals surface area contributed by atoms with Crippen LogP contribution in [0, 0.1) is 0 Å². The predicted molar refractivity (Wildman–Crippen MR) is 38.3 cm³/mol. The zero-order valence-electron chi connectivity index (χ0n) is 5.82. The minimum Gasteiger partial charge on any atom is -0.137 e. The summed E-state index contributed by atoms with van der Waals surface area (Å²) in [7, 11) is -1.95. The zero-order chi connectivity index (χ0) is 7.40. The molecule has 10 heavy (non-hydrogen) atoms. The SMILES string of the molecule is N[P+](=O)ON1CCCCC1. The average Bonchev–Trinajstić information content (AvgIpc) is 1.88. The summed E-state index contributed by atoms with van der Waals surface area (Å²) in [5.74, 6) is 0. The quantitative estimate of drug-likeness (QED) is 0.617. The third kappa shape index (κ3) is 2.71. The van der Waals surface area contributed by atoms with E-state index in [1.54, 1.807) is 5.06 Å². The Morgan fingerprint density at radius 3 is 2.40 bits per heavy atom. The standard InChI is InChI=1S/C5H12N2O2P/c6-10(8)9-7-4-2-1-3-5-7/h1-5H2,(H2,6,8)/q+1. The monoisotopic (exact) mass is 163 g/mol. The first-order valence-corrected chi connectivity index (χ1v) is 4.69. The Bertz CT molecular complexity index is 125. The molecule has 0 radical (unpaired) electrons. The molecule has 4 nitrogen and oxygen atoms in total. The summed E-state index contributed by atoms with van der Waals surface area (Å²) in [6, 6.07) is 0. The normalized spacial score (nSPS) is 22.7. The molecule has 0 spiro atoms. The van der Waals surface area contributed by atoms with E-state index < -0.39 is 8.18 Å². The number of hydroxylamine groups is 2. The summed E-state index contributed by atoms with van der Waals surface area (Å²) in [4.78, 5) is 0. The van der Waals surface area contributed by atoms with Gasteiger partial charge in [0.1, 0.15) is 0 Å². The highest BCUT2D eigenvalue weighted by atomic mass is 31.1. The van der Waals surface area contributed by atoms with Crippen molar-refractivity contribution in [3.8, 4) is 0 Å². The van der Waals surface area contributed by atoms with Crippen LogP contribution in [-0.2, 0) is 9.19 Å². The second kappa shape index (κ2) is 3.98. The highest BCUT2D eigenvalue weighted by molar-refractivity contribution is 7.36. The number of rotatable bonds is 2. The van der Waals surface area contributed by atoms with Crippen molar-refractivity contribution in [1.82, 2.24) is 5.06 Å². The van der Waals surface area contributed by atoms with Gasteiger partial charge in [-0.05, 0) is 22.0 Å². The van der Waals surface area contributed by atoms with Crippen molar-refractivity contribution >= 4 is 8.18 Å². The lowest BCUT2D eigenvalue weighted by atomic mass is 10.2. The van der Waals surface area contributed by atoms with Crippen LogP contribution in [0.5, 0.6) is 0 Å². The fraction of sp³-hybridized carbons (Fsp3) is 1.00. The van der Waals surface area contributed by atoms with Gasteiger partial charge in [0, 0.05) is 13.1 Å². The maximum Gasteiger partial charge on any atom is 0.629 e. The Hall–Kier alpha value is -0.0200. The molecule has 1 heterocycles. The van der Waals surface area contributed by atoms with Crippen LogP contribution in [-0.4, -0.2) is 18.2 Å². The van der Waals surface area contributed by atoms with Crippen molar-refractivity contribution < 1.29 is 9.19 Å². The van der Waals surface area contributed by atoms with Crippen molar-refractivity contribution in [2.45, 2.75) is 19.3 Å². The second-order valence-corrected chi connectivity index (χ2v) is 3.09. The van der Waals surface area contributed by atoms with Gasteiger partial charge in [-0.25, -0.2) is 0 Å². The van der Waals surface area contributed by atoms with Gasteiger partial charge in [-0.2, -0.15) is 0 Å². The van der Waals surface area contributed by atoms with Crippen LogP contribution in [0.2, 0.25) is 0 Å². The Balaban J connectivity index is 2.19. The van der Waals surface area contributed by atoms with Crippen LogP contribution >= 0.6 is 8.18 Å². The first-order valence-electron chi connectivity index (χ1n) is 3.44. The van der Waals surface area contributed by atoms with Gasteiger partial charge in [0.05, 0.1) is 0 Å². The molecule has 0 aromatic heterocycles. The van der Waals surface area contributed by atoms with Crippen molar-refractivity contribution in [2.75, 3.05) is 13.1 Å². The average molecular weight is 163 g/mol. The summed E-state index contributed by atoms with van der Waals surface area (Å²) in [6.45, 7) is 1.72. The number of hydrogen-bond acceptors (Lipinski definition) is 3. The Morgan fingerprint density at radius 2 is 1.90 bits per heavy atom. The van der Waals surface area contributed by atoms with Crippen LogP contribution < -0.4 is 5.50 Å². The molecule has 1 atom stereocenters. The first kappa shape index (κ1) is 8.08. The highest BCUT2D eigenvalue weighted by Gasteiger charge is 2.19. The van der Waals surface area contributed by atoms with Gasteiger partial charge in [-0.1, -0.05) is 11.9 Å². The predicted octanol–water partition coefficient (Wildman–Crippen LogP) is 1.02. The lowest BCUT2D eigenvalue weighted by molar-refractivity contribution is -0.0646. The van der Waals surface area contributed by atoms with E-state index in [-0.39, 0.29) is 0 Å². The fourth-order valence-electron chi connectivity index (χ4n) is 1.06. The van der Waals surface area contributed by atoms with E-state index in [1.807, 2.05) is 0 Å². The molecule has 2 N–H and O–H groups in total. The molecule has 1 fully saturated rings. The largest absolute Gasteiger partial charge is 0.629 e. The maximum absolute atomic E-state index is 10.4. The number of piperidine rings is 1. The van der Waals surface area contributed by atoms with Crippen LogP contribution in [0.4, 0.5) is 0 Å². The number of hydrogen-bond donors (Lipinski definition) is 1. The van der Waals surface area contributed by atoms with E-state index in [9.17, 15) is 4.57 Å². The van der Waals surface area contributed by atoms with E-state index in [2.05, 4.69) is 0 Å². The van der Waals surface area contributed by atoms with Crippen molar-refractivity contribution in [3.63, 3.8) is 0 Å². The summed E-state index contributed by atoms with van der Waals surface area (Å²) in [5.41, 5.74) is 4.97. The van der Waals surface area contributed by atoms with Gasteiger partial charge in [0.2, 0.25) is 0 Å². The van der Waals surface area contributed by atoms with E-state index in [1.165, 1.54) is 6.42 Å². The second-order valence-electron chi connectivity index (χ2n) is 2.36. The molecule has 1 aliphatic heterocycles. The lowest BCUT2D eigenvalue weighted by Crippen LogP contribution is -2.28. The van der Waals surface area contributed by atoms with Crippen LogP contribution in [0.25, 0.3) is 0 Å². The molecule has 0 saturated carbocycles. The molecule has 0 aliphatic carbocycles. The Kier molecular flexibility index (Phi) is 3.22. The Labute approximate surface area is 61.2 Å². The zero-order valence-corrected chi connectivity index (χ0v) is 6.72. The summed E-state index contributed by atoms with van der Waals surface area (Å²) < 4.78 is 15.2. The molecular formula is C5H12N2O2P+. The third-order valence-corrected chi connectivity index (χ3v) is 1.90. The summed E-state index contributed by atoms with van der Waals surface area (Å²) >= 11 is 0. The topological polar surface area (TPSA) is 55.6 Å². The number of nitrogens with two attached hydrogens (primary N) is 1. The van der Waals surface area contributed by atoms with Crippen LogP contribution in [0.3, 0.4) is 0 Å². The van der Waals surface area contributed by atoms with Gasteiger partial charge >= 0.3 is 8.18 Å². The highest BCUT2D eigenvalue weighted by Crippen LogP contribution is 2.17. The fourth-order valence-corrected chi connectivity index (χ4v) is 1.45. The van der Waals surface area contributed by atoms with E-state index in [4.69, 9.17) is 10.1 Å². The van der Waals surface area contributed by atoms with Gasteiger partial charge in [-0.15, -0.1) is 5.06 Å². The van der Waals surface area contributed by atoms with E-state index in [0.29, 0.717) is 0 Å². The Morgan fingerprint density at radius 1 is 1.30 bits per heavy atom. The molecule has 0 amide bonds. The molecule has 1 saturated heterocycles. The number of nitrogens with zero attached hydrogens (tertiary/aromatic N) is 1. The molecule has 1 aliphatic rings. The van der Waals surface area contributed by atoms with Gasteiger partial charge in [-0.3, -0.25) is 0 Å². The maximum atomic E-state index is 10.4. The van der Waals surface area contributed by atoms with Crippen molar-refractivity contribution in [1.29, 1.82) is 0 Å². The van der Waals surface area contributed by atoms with Crippen LogP contribution in [0.1, 0.15) is 19.3 Å². The molecule has 0 bridgehead atoms. The molecule has 1 rings (SSSR count). The summed E-state index contributed by atoms with van der Waals surface area (Å²) in [6.07, 6.45) is 3.47. The minimum absolute atomic E-state index is 0.859. The summed E-state index contributed by atoms with van der Waals surface area (Å²) in [5, 5.41) is 1.68. The van der Waals surface area contributed by atoms with Gasteiger partial charge < -0.3 is 0 Å². The first-order chi connectivity index (χ1) is 4.79. The van der Waals surface area contributed by atoms with Gasteiger partial charge in [0.15, 0.2) is 0 Å². The van der Waals surface area contributed by atoms with E-state index >= 15 is 0 Å². The molecule has 0 aromatic carbocycles. The molecule has 0 aromatic rings. The van der Waals surface area contributed by atoms with Crippen LogP contribution in [0.15, 0.2) is 0 Å². The van der Waals surface area contributed by atoms with Gasteiger partial charge in [0.25, 0.3) is 0 Å². The van der Waals surface area contributed by atoms with E-state index in [0.717, 1.165) is 25.9 Å². The smallest absolute Gasteiger partial charge is 0.137 e. The lowest BCUT2D eigenvalue weighted by Gasteiger charge is -2.18.